The number of aromatic nitrogens is 3. The van der Waals surface area contributed by atoms with Gasteiger partial charge in [0.25, 0.3) is 0 Å². The molecule has 0 aliphatic heterocycles. The molecule has 0 radical (unpaired) electrons. The maximum Gasteiger partial charge on any atom is 0.210 e. The van der Waals surface area contributed by atoms with Crippen molar-refractivity contribution in [3.05, 3.63) is 29.5 Å². The van der Waals surface area contributed by atoms with E-state index in [1.54, 1.807) is 17.5 Å². The lowest BCUT2D eigenvalue weighted by Gasteiger charge is -2.14. The average molecular weight is 207 g/mol. The molecule has 2 aromatic heterocycles. The van der Waals surface area contributed by atoms with Crippen LogP contribution in [0.25, 0.3) is 5.13 Å². The summed E-state index contributed by atoms with van der Waals surface area (Å²) in [6.45, 7) is 6.53. The fourth-order valence-electron chi connectivity index (χ4n) is 1.14. The normalized spacial score (nSPS) is 11.9. The molecule has 0 fully saturated rings. The van der Waals surface area contributed by atoms with Crippen LogP contribution in [-0.4, -0.2) is 14.8 Å². The molecule has 2 heterocycles. The first kappa shape index (κ1) is 9.40. The molecular weight excluding hydrogens is 194 g/mol. The third kappa shape index (κ3) is 1.70. The summed E-state index contributed by atoms with van der Waals surface area (Å²) < 4.78 is 1.82. The average Bonchev–Trinajstić information content (AvgIpc) is 2.73. The maximum atomic E-state index is 4.29. The molecule has 0 bridgehead atoms. The van der Waals surface area contributed by atoms with Crippen LogP contribution in [0.1, 0.15) is 26.3 Å². The number of rotatable bonds is 1. The number of nitrogens with zero attached hydrogens (tertiary/aromatic N) is 3. The standard InChI is InChI=1S/C10H13N3S/c1-10(2,3)8-6-12-13(7-8)9-11-4-5-14-9/h4-7H,1-3H3. The topological polar surface area (TPSA) is 30.7 Å². The molecule has 0 saturated heterocycles. The molecule has 4 heteroatoms. The SMILES string of the molecule is CC(C)(C)c1cnn(-c2nccs2)c1. The summed E-state index contributed by atoms with van der Waals surface area (Å²) in [5, 5.41) is 7.16. The van der Waals surface area contributed by atoms with E-state index < -0.39 is 0 Å². The highest BCUT2D eigenvalue weighted by atomic mass is 32.1. The van der Waals surface area contributed by atoms with Crippen LogP contribution in [0, 0.1) is 0 Å². The van der Waals surface area contributed by atoms with Crippen molar-refractivity contribution in [3.8, 4) is 5.13 Å². The Morgan fingerprint density at radius 1 is 1.36 bits per heavy atom. The predicted octanol–water partition coefficient (Wildman–Crippen LogP) is 2.63. The molecule has 0 spiro atoms. The van der Waals surface area contributed by atoms with E-state index >= 15 is 0 Å². The smallest absolute Gasteiger partial charge is 0.210 e. The summed E-state index contributed by atoms with van der Waals surface area (Å²) in [5.41, 5.74) is 1.38. The fourth-order valence-corrected chi connectivity index (χ4v) is 1.72. The van der Waals surface area contributed by atoms with Gasteiger partial charge in [-0.05, 0) is 11.0 Å². The zero-order valence-corrected chi connectivity index (χ0v) is 9.38. The Morgan fingerprint density at radius 3 is 2.64 bits per heavy atom. The molecule has 0 aliphatic carbocycles. The Morgan fingerprint density at radius 2 is 2.14 bits per heavy atom. The minimum Gasteiger partial charge on any atom is -0.227 e. The highest BCUT2D eigenvalue weighted by Gasteiger charge is 2.16. The first-order valence-corrected chi connectivity index (χ1v) is 5.40. The van der Waals surface area contributed by atoms with Crippen LogP contribution < -0.4 is 0 Å². The van der Waals surface area contributed by atoms with Crippen LogP contribution in [0.3, 0.4) is 0 Å². The van der Waals surface area contributed by atoms with E-state index in [2.05, 4.69) is 30.9 Å². The Labute approximate surface area is 87.4 Å². The molecule has 0 aromatic carbocycles. The van der Waals surface area contributed by atoms with E-state index in [1.165, 1.54) is 5.56 Å². The summed E-state index contributed by atoms with van der Waals surface area (Å²) in [6.07, 6.45) is 5.73. The molecule has 3 nitrogen and oxygen atoms in total. The lowest BCUT2D eigenvalue weighted by molar-refractivity contribution is 0.590. The minimum absolute atomic E-state index is 0.148. The van der Waals surface area contributed by atoms with Crippen molar-refractivity contribution >= 4 is 11.3 Å². The maximum absolute atomic E-state index is 4.29. The van der Waals surface area contributed by atoms with Crippen molar-refractivity contribution in [2.24, 2.45) is 0 Å². The summed E-state index contributed by atoms with van der Waals surface area (Å²) >= 11 is 1.59. The van der Waals surface area contributed by atoms with Crippen LogP contribution >= 0.6 is 11.3 Å². The third-order valence-corrected chi connectivity index (χ3v) is 2.82. The molecule has 0 saturated carbocycles. The quantitative estimate of drug-likeness (QED) is 0.719. The Kier molecular flexibility index (Phi) is 2.15. The second-order valence-corrected chi connectivity index (χ2v) is 5.11. The van der Waals surface area contributed by atoms with E-state index in [0.29, 0.717) is 0 Å². The van der Waals surface area contributed by atoms with E-state index in [1.807, 2.05) is 22.5 Å². The van der Waals surface area contributed by atoms with Gasteiger partial charge in [-0.1, -0.05) is 20.8 Å². The van der Waals surface area contributed by atoms with Gasteiger partial charge in [0.2, 0.25) is 5.13 Å². The zero-order valence-electron chi connectivity index (χ0n) is 8.56. The van der Waals surface area contributed by atoms with Crippen molar-refractivity contribution in [1.29, 1.82) is 0 Å². The van der Waals surface area contributed by atoms with Gasteiger partial charge in [0, 0.05) is 17.8 Å². The van der Waals surface area contributed by atoms with E-state index in [0.717, 1.165) is 5.13 Å². The zero-order chi connectivity index (χ0) is 10.2. The molecule has 0 unspecified atom stereocenters. The Bertz CT molecular complexity index is 409. The van der Waals surface area contributed by atoms with Crippen LogP contribution in [0.5, 0.6) is 0 Å². The molecule has 2 aromatic rings. The van der Waals surface area contributed by atoms with Gasteiger partial charge in [-0.25, -0.2) is 9.67 Å². The van der Waals surface area contributed by atoms with Gasteiger partial charge in [-0.3, -0.25) is 0 Å². The fraction of sp³-hybridized carbons (Fsp3) is 0.400. The third-order valence-electron chi connectivity index (χ3n) is 2.06. The molecule has 0 aliphatic rings. The van der Waals surface area contributed by atoms with Crippen molar-refractivity contribution in [1.82, 2.24) is 14.8 Å². The predicted molar refractivity (Wildman–Crippen MR) is 57.9 cm³/mol. The van der Waals surface area contributed by atoms with Crippen molar-refractivity contribution in [2.75, 3.05) is 0 Å². The van der Waals surface area contributed by atoms with E-state index in [4.69, 9.17) is 0 Å². The second kappa shape index (κ2) is 3.20. The molecular formula is C10H13N3S. The van der Waals surface area contributed by atoms with Crippen LogP contribution in [0.2, 0.25) is 0 Å². The summed E-state index contributed by atoms with van der Waals surface area (Å²) in [5.74, 6) is 0. The number of thiazole rings is 1. The van der Waals surface area contributed by atoms with Crippen molar-refractivity contribution < 1.29 is 0 Å². The molecule has 0 atom stereocenters. The van der Waals surface area contributed by atoms with Gasteiger partial charge < -0.3 is 0 Å². The monoisotopic (exact) mass is 207 g/mol. The largest absolute Gasteiger partial charge is 0.227 e. The highest BCUT2D eigenvalue weighted by molar-refractivity contribution is 7.12. The Hall–Kier alpha value is -1.16. The highest BCUT2D eigenvalue weighted by Crippen LogP contribution is 2.22. The molecule has 0 amide bonds. The molecule has 74 valence electrons. The van der Waals surface area contributed by atoms with Gasteiger partial charge >= 0.3 is 0 Å². The number of hydrogen-bond donors (Lipinski definition) is 0. The first-order valence-electron chi connectivity index (χ1n) is 4.52. The lowest BCUT2D eigenvalue weighted by Crippen LogP contribution is -2.09. The molecule has 2 rings (SSSR count). The summed E-state index contributed by atoms with van der Waals surface area (Å²) in [6, 6.07) is 0. The van der Waals surface area contributed by atoms with Crippen LogP contribution in [0.4, 0.5) is 0 Å². The van der Waals surface area contributed by atoms with Crippen LogP contribution in [-0.2, 0) is 5.41 Å². The lowest BCUT2D eigenvalue weighted by atomic mass is 9.90. The van der Waals surface area contributed by atoms with Crippen molar-refractivity contribution in [2.45, 2.75) is 26.2 Å². The van der Waals surface area contributed by atoms with Gasteiger partial charge in [0.05, 0.1) is 6.20 Å². The van der Waals surface area contributed by atoms with Gasteiger partial charge in [-0.2, -0.15) is 5.10 Å². The summed E-state index contributed by atoms with van der Waals surface area (Å²) in [4.78, 5) is 4.20. The van der Waals surface area contributed by atoms with E-state index in [-0.39, 0.29) is 5.41 Å². The first-order chi connectivity index (χ1) is 6.57. The minimum atomic E-state index is 0.148. The van der Waals surface area contributed by atoms with Gasteiger partial charge in [0.1, 0.15) is 0 Å². The van der Waals surface area contributed by atoms with Crippen molar-refractivity contribution in [3.63, 3.8) is 0 Å². The Balaban J connectivity index is 2.36. The molecule has 14 heavy (non-hydrogen) atoms. The van der Waals surface area contributed by atoms with Crippen LogP contribution in [0.15, 0.2) is 24.0 Å². The number of hydrogen-bond acceptors (Lipinski definition) is 3. The van der Waals surface area contributed by atoms with E-state index in [9.17, 15) is 0 Å². The van der Waals surface area contributed by atoms with Gasteiger partial charge in [-0.15, -0.1) is 11.3 Å². The second-order valence-electron chi connectivity index (χ2n) is 4.24. The summed E-state index contributed by atoms with van der Waals surface area (Å²) in [7, 11) is 0. The van der Waals surface area contributed by atoms with Gasteiger partial charge in [0.15, 0.2) is 0 Å². The molecule has 0 N–H and O–H groups in total.